The van der Waals surface area contributed by atoms with Gasteiger partial charge in [-0.1, -0.05) is 40.9 Å². The third-order valence-corrected chi connectivity index (χ3v) is 8.09. The van der Waals surface area contributed by atoms with Crippen molar-refractivity contribution >= 4 is 46.6 Å². The molecular formula is C27H31Cl3N2O3. The first-order valence-corrected chi connectivity index (χ1v) is 13.3. The van der Waals surface area contributed by atoms with Crippen LogP contribution in [0.4, 0.5) is 0 Å². The van der Waals surface area contributed by atoms with Gasteiger partial charge < -0.3 is 14.5 Å². The van der Waals surface area contributed by atoms with Gasteiger partial charge in [-0.05, 0) is 74.9 Å². The van der Waals surface area contributed by atoms with Crippen molar-refractivity contribution in [3.05, 3.63) is 62.6 Å². The van der Waals surface area contributed by atoms with E-state index in [1.54, 1.807) is 23.1 Å². The molecule has 0 radical (unpaired) electrons. The largest absolute Gasteiger partial charge is 0.493 e. The number of carbonyl (C=O) groups excluding carboxylic acids is 2. The standard InChI is InChI=1S/C27H31Cl3N2O3/c1-19-15-20(9-10-21(19)28)35-18-27(16-24(33)31-12-3-2-4-13-31)11-6-14-32(17-27)26(34)25-22(29)7-5-8-23(25)30/h5,7-10,15H,2-4,6,11-14,16-18H2,1H3/t27-/m1/s1. The molecule has 0 aliphatic carbocycles. The van der Waals surface area contributed by atoms with Crippen molar-refractivity contribution < 1.29 is 14.3 Å². The van der Waals surface area contributed by atoms with Crippen LogP contribution in [0.5, 0.6) is 5.75 Å². The molecule has 2 fully saturated rings. The van der Waals surface area contributed by atoms with Crippen LogP contribution in [-0.4, -0.2) is 54.4 Å². The van der Waals surface area contributed by atoms with Gasteiger partial charge in [0.15, 0.2) is 0 Å². The Hall–Kier alpha value is -1.95. The third kappa shape index (κ3) is 6.25. The number of hydrogen-bond acceptors (Lipinski definition) is 3. The molecule has 2 aliphatic heterocycles. The van der Waals surface area contributed by atoms with E-state index >= 15 is 0 Å². The molecule has 0 saturated carbocycles. The van der Waals surface area contributed by atoms with E-state index in [2.05, 4.69) is 0 Å². The molecule has 188 valence electrons. The Balaban J connectivity index is 1.57. The molecule has 1 atom stereocenters. The molecule has 2 amide bonds. The first-order chi connectivity index (χ1) is 16.8. The predicted octanol–water partition coefficient (Wildman–Crippen LogP) is 6.66. The van der Waals surface area contributed by atoms with Crippen LogP contribution >= 0.6 is 34.8 Å². The highest BCUT2D eigenvalue weighted by atomic mass is 35.5. The number of rotatable bonds is 6. The van der Waals surface area contributed by atoms with Gasteiger partial charge in [-0.2, -0.15) is 0 Å². The molecule has 0 aromatic heterocycles. The summed E-state index contributed by atoms with van der Waals surface area (Å²) < 4.78 is 6.23. The van der Waals surface area contributed by atoms with E-state index in [9.17, 15) is 9.59 Å². The second-order valence-corrected chi connectivity index (χ2v) is 11.0. The van der Waals surface area contributed by atoms with Gasteiger partial charge in [-0.15, -0.1) is 0 Å². The van der Waals surface area contributed by atoms with Crippen molar-refractivity contribution in [3.63, 3.8) is 0 Å². The quantitative estimate of drug-likeness (QED) is 0.414. The topological polar surface area (TPSA) is 49.9 Å². The number of amides is 2. The number of likely N-dealkylation sites (tertiary alicyclic amines) is 2. The van der Waals surface area contributed by atoms with Gasteiger partial charge in [0.1, 0.15) is 5.75 Å². The van der Waals surface area contributed by atoms with Crippen molar-refractivity contribution in [2.24, 2.45) is 5.41 Å². The van der Waals surface area contributed by atoms with Gasteiger partial charge in [-0.3, -0.25) is 9.59 Å². The van der Waals surface area contributed by atoms with Crippen LogP contribution < -0.4 is 4.74 Å². The van der Waals surface area contributed by atoms with Gasteiger partial charge in [0.2, 0.25) is 5.91 Å². The van der Waals surface area contributed by atoms with E-state index < -0.39 is 5.41 Å². The molecule has 2 aromatic rings. The Kier molecular flexibility index (Phi) is 8.51. The normalized spacial score (nSPS) is 20.6. The average molecular weight is 538 g/mol. The van der Waals surface area contributed by atoms with Gasteiger partial charge in [0.05, 0.1) is 22.2 Å². The predicted molar refractivity (Wildman–Crippen MR) is 141 cm³/mol. The Labute approximate surface area is 222 Å². The molecule has 2 aliphatic rings. The Morgan fingerprint density at radius 3 is 2.29 bits per heavy atom. The van der Waals surface area contributed by atoms with E-state index in [0.29, 0.717) is 52.5 Å². The lowest BCUT2D eigenvalue weighted by molar-refractivity contribution is -0.136. The summed E-state index contributed by atoms with van der Waals surface area (Å²) in [5.74, 6) is 0.623. The highest BCUT2D eigenvalue weighted by Crippen LogP contribution is 2.37. The van der Waals surface area contributed by atoms with Crippen molar-refractivity contribution in [3.8, 4) is 5.75 Å². The van der Waals surface area contributed by atoms with Gasteiger partial charge in [0.25, 0.3) is 5.91 Å². The monoisotopic (exact) mass is 536 g/mol. The van der Waals surface area contributed by atoms with Gasteiger partial charge >= 0.3 is 0 Å². The molecule has 0 bridgehead atoms. The van der Waals surface area contributed by atoms with Crippen LogP contribution in [0.15, 0.2) is 36.4 Å². The Morgan fingerprint density at radius 1 is 0.914 bits per heavy atom. The summed E-state index contributed by atoms with van der Waals surface area (Å²) in [6, 6.07) is 10.6. The van der Waals surface area contributed by atoms with Crippen LogP contribution in [0, 0.1) is 12.3 Å². The average Bonchev–Trinajstić information content (AvgIpc) is 2.85. The molecule has 2 saturated heterocycles. The number of aryl methyl sites for hydroxylation is 1. The molecule has 35 heavy (non-hydrogen) atoms. The first kappa shape index (κ1) is 26.1. The number of ether oxygens (including phenoxy) is 1. The number of piperidine rings is 2. The van der Waals surface area contributed by atoms with E-state index in [1.807, 2.05) is 30.0 Å². The lowest BCUT2D eigenvalue weighted by Gasteiger charge is -2.43. The summed E-state index contributed by atoms with van der Waals surface area (Å²) >= 11 is 18.9. The highest BCUT2D eigenvalue weighted by Gasteiger charge is 2.41. The minimum atomic E-state index is -0.510. The fourth-order valence-corrected chi connectivity index (χ4v) is 5.75. The molecule has 4 rings (SSSR count). The second kappa shape index (κ2) is 11.4. The summed E-state index contributed by atoms with van der Waals surface area (Å²) in [5.41, 5.74) is 0.726. The second-order valence-electron chi connectivity index (χ2n) is 9.74. The lowest BCUT2D eigenvalue weighted by atomic mass is 9.77. The molecule has 0 N–H and O–H groups in total. The summed E-state index contributed by atoms with van der Waals surface area (Å²) in [5, 5.41) is 1.34. The van der Waals surface area contributed by atoms with E-state index in [-0.39, 0.29) is 11.8 Å². The SMILES string of the molecule is Cc1cc(OC[C@@]2(CC(=O)N3CCCCC3)CCCN(C(=O)c3c(Cl)cccc3Cl)C2)ccc1Cl. The van der Waals surface area contributed by atoms with E-state index in [0.717, 1.165) is 50.8 Å². The summed E-state index contributed by atoms with van der Waals surface area (Å²) in [4.78, 5) is 30.6. The minimum Gasteiger partial charge on any atom is -0.493 e. The lowest BCUT2D eigenvalue weighted by Crippen LogP contribution is -2.51. The van der Waals surface area contributed by atoms with Crippen LogP contribution in [0.3, 0.4) is 0 Å². The van der Waals surface area contributed by atoms with Crippen LogP contribution in [0.25, 0.3) is 0 Å². The zero-order chi connectivity index (χ0) is 25.0. The third-order valence-electron chi connectivity index (χ3n) is 7.03. The minimum absolute atomic E-state index is 0.130. The number of carbonyl (C=O) groups is 2. The molecule has 2 aromatic carbocycles. The van der Waals surface area contributed by atoms with Crippen molar-refractivity contribution in [1.82, 2.24) is 9.80 Å². The molecule has 0 spiro atoms. The Bertz CT molecular complexity index is 1070. The molecular weight excluding hydrogens is 507 g/mol. The fraction of sp³-hybridized carbons (Fsp3) is 0.481. The summed E-state index contributed by atoms with van der Waals surface area (Å²) in [6.07, 6.45) is 5.13. The van der Waals surface area contributed by atoms with E-state index in [4.69, 9.17) is 39.5 Å². The van der Waals surface area contributed by atoms with Crippen LogP contribution in [-0.2, 0) is 4.79 Å². The van der Waals surface area contributed by atoms with Crippen molar-refractivity contribution in [1.29, 1.82) is 0 Å². The molecule has 2 heterocycles. The summed E-state index contributed by atoms with van der Waals surface area (Å²) in [7, 11) is 0. The summed E-state index contributed by atoms with van der Waals surface area (Å²) in [6.45, 7) is 4.83. The fourth-order valence-electron chi connectivity index (χ4n) is 5.07. The Morgan fingerprint density at radius 2 is 1.60 bits per heavy atom. The zero-order valence-electron chi connectivity index (χ0n) is 20.0. The molecule has 8 heteroatoms. The van der Waals surface area contributed by atoms with Crippen molar-refractivity contribution in [2.45, 2.75) is 45.4 Å². The first-order valence-electron chi connectivity index (χ1n) is 12.2. The smallest absolute Gasteiger partial charge is 0.256 e. The maximum absolute atomic E-state index is 13.5. The van der Waals surface area contributed by atoms with E-state index in [1.165, 1.54) is 0 Å². The number of halogens is 3. The van der Waals surface area contributed by atoms with Crippen LogP contribution in [0.1, 0.15) is 54.4 Å². The van der Waals surface area contributed by atoms with Crippen molar-refractivity contribution in [2.75, 3.05) is 32.8 Å². The number of benzene rings is 2. The number of nitrogens with zero attached hydrogens (tertiary/aromatic N) is 2. The maximum atomic E-state index is 13.5. The maximum Gasteiger partial charge on any atom is 0.256 e. The van der Waals surface area contributed by atoms with Gasteiger partial charge in [0, 0.05) is 43.0 Å². The zero-order valence-corrected chi connectivity index (χ0v) is 22.3. The highest BCUT2D eigenvalue weighted by molar-refractivity contribution is 6.39. The number of hydrogen-bond donors (Lipinski definition) is 0. The van der Waals surface area contributed by atoms with Crippen LogP contribution in [0.2, 0.25) is 15.1 Å². The molecule has 5 nitrogen and oxygen atoms in total. The molecule has 0 unspecified atom stereocenters. The van der Waals surface area contributed by atoms with Gasteiger partial charge in [-0.25, -0.2) is 0 Å².